The van der Waals surface area contributed by atoms with E-state index >= 15 is 0 Å². The molecule has 224 valence electrons. The Kier molecular flexibility index (Phi) is 13.1. The second-order valence-electron chi connectivity index (χ2n) is 12.9. The Morgan fingerprint density at radius 1 is 0.500 bits per heavy atom. The van der Waals surface area contributed by atoms with E-state index < -0.39 is 24.9 Å². The molecule has 2 rings (SSSR count). The lowest BCUT2D eigenvalue weighted by Crippen LogP contribution is -2.50. The number of hydrogen-bond acceptors (Lipinski definition) is 5. The minimum Gasteiger partial charge on any atom is -0.543 e. The Bertz CT molecular complexity index is 923. The molecule has 0 unspecified atom stereocenters. The third-order valence-electron chi connectivity index (χ3n) is 8.52. The molecule has 0 atom stereocenters. The highest BCUT2D eigenvalue weighted by Gasteiger charge is 2.48. The maximum atomic E-state index is 12.4. The van der Waals surface area contributed by atoms with Crippen LogP contribution in [0.15, 0.2) is 48.5 Å². The lowest BCUT2D eigenvalue weighted by atomic mass is 10.2. The molecule has 2 aromatic carbocycles. The molecule has 0 radical (unpaired) electrons. The van der Waals surface area contributed by atoms with Crippen LogP contribution in [0, 0.1) is 0 Å². The van der Waals surface area contributed by atoms with Gasteiger partial charge >= 0.3 is 8.25 Å². The lowest BCUT2D eigenvalue weighted by Gasteiger charge is -2.42. The topological polar surface area (TPSA) is 54.0 Å². The van der Waals surface area contributed by atoms with E-state index in [0.717, 1.165) is 22.6 Å². The van der Waals surface area contributed by atoms with Crippen LogP contribution in [0.1, 0.15) is 94.2 Å². The Morgan fingerprint density at radius 2 is 0.750 bits per heavy atom. The molecule has 5 nitrogen and oxygen atoms in total. The first kappa shape index (κ1) is 34.7. The van der Waals surface area contributed by atoms with Gasteiger partial charge in [0, 0.05) is 4.57 Å². The number of benzene rings is 2. The molecular weight excluding hydrogens is 551 g/mol. The molecule has 0 amide bonds. The van der Waals surface area contributed by atoms with Crippen LogP contribution < -0.4 is 8.85 Å². The molecule has 0 aliphatic carbocycles. The van der Waals surface area contributed by atoms with E-state index in [1.54, 1.807) is 0 Å². The zero-order chi connectivity index (χ0) is 30.3. The third-order valence-corrected chi connectivity index (χ3v) is 21.2. The molecule has 0 aliphatic heterocycles. The first-order chi connectivity index (χ1) is 18.7. The van der Waals surface area contributed by atoms with Gasteiger partial charge in [-0.15, -0.1) is 9.05 Å². The van der Waals surface area contributed by atoms with E-state index in [2.05, 4.69) is 83.1 Å². The molecule has 0 aliphatic rings. The molecule has 0 saturated carbocycles. The molecule has 0 aromatic heterocycles. The van der Waals surface area contributed by atoms with Crippen molar-refractivity contribution in [2.75, 3.05) is 0 Å². The molecule has 0 bridgehead atoms. The highest BCUT2D eigenvalue weighted by molar-refractivity contribution is 7.33. The van der Waals surface area contributed by atoms with Crippen molar-refractivity contribution in [2.45, 2.75) is 130 Å². The molecule has 8 heteroatoms. The van der Waals surface area contributed by atoms with Crippen molar-refractivity contribution in [1.82, 2.24) is 0 Å². The summed E-state index contributed by atoms with van der Waals surface area (Å²) in [4.78, 5) is 0. The van der Waals surface area contributed by atoms with Gasteiger partial charge in [0.15, 0.2) is 0 Å². The molecular formula is C32H54O5PSi2+. The van der Waals surface area contributed by atoms with Crippen molar-refractivity contribution in [2.24, 2.45) is 0 Å². The molecule has 0 saturated heterocycles. The summed E-state index contributed by atoms with van der Waals surface area (Å²) in [6, 6.07) is 15.9. The summed E-state index contributed by atoms with van der Waals surface area (Å²) >= 11 is 0. The average Bonchev–Trinajstić information content (AvgIpc) is 2.88. The van der Waals surface area contributed by atoms with E-state index in [0.29, 0.717) is 33.2 Å². The fourth-order valence-corrected chi connectivity index (χ4v) is 17.8. The fraction of sp³-hybridized carbons (Fsp3) is 0.625. The predicted octanol–water partition coefficient (Wildman–Crippen LogP) is 11.2. The Labute approximate surface area is 247 Å². The van der Waals surface area contributed by atoms with Crippen LogP contribution in [0.5, 0.6) is 11.5 Å². The second kappa shape index (κ2) is 15.1. The van der Waals surface area contributed by atoms with Gasteiger partial charge in [-0.2, -0.15) is 0 Å². The van der Waals surface area contributed by atoms with Crippen LogP contribution in [-0.2, 0) is 26.8 Å². The highest BCUT2D eigenvalue weighted by Crippen LogP contribution is 2.44. The standard InChI is InChI=1S/C32H54O5PSi2/c1-23(2)39(24(3)4,25(5)6)36-31-17-13-29(14-18-31)21-34-38(33)35-22-30-15-19-32(20-16-30)37-40(26(7)8,27(9)10)28(11)12/h13-20,23-28H,21-22H2,1-12H3/q+1. The zero-order valence-electron chi connectivity index (χ0n) is 27.0. The summed E-state index contributed by atoms with van der Waals surface area (Å²) < 4.78 is 36.9. The van der Waals surface area contributed by atoms with E-state index in [1.165, 1.54) is 0 Å². The monoisotopic (exact) mass is 605 g/mol. The Hall–Kier alpha value is -1.51. The van der Waals surface area contributed by atoms with Crippen molar-refractivity contribution in [3.8, 4) is 11.5 Å². The quantitative estimate of drug-likeness (QED) is 0.141. The first-order valence-corrected chi connectivity index (χ1v) is 20.3. The SMILES string of the molecule is CC(C)[Si](Oc1ccc(CO[P+](=O)OCc2ccc(O[Si](C(C)C)(C(C)C)C(C)C)cc2)cc1)(C(C)C)C(C)C. The summed E-state index contributed by atoms with van der Waals surface area (Å²) in [6.45, 7) is 27.8. The highest BCUT2D eigenvalue weighted by atomic mass is 31.1. The summed E-state index contributed by atoms with van der Waals surface area (Å²) in [5.41, 5.74) is 4.92. The van der Waals surface area contributed by atoms with Crippen molar-refractivity contribution < 1.29 is 22.5 Å². The third kappa shape index (κ3) is 8.28. The normalized spacial score (nSPS) is 12.8. The molecule has 0 spiro atoms. The van der Waals surface area contributed by atoms with Crippen molar-refractivity contribution in [3.05, 3.63) is 59.7 Å². The summed E-state index contributed by atoms with van der Waals surface area (Å²) in [5, 5.41) is 0. The van der Waals surface area contributed by atoms with Crippen LogP contribution in [0.2, 0.25) is 33.2 Å². The van der Waals surface area contributed by atoms with E-state index in [1.807, 2.05) is 48.5 Å². The van der Waals surface area contributed by atoms with Gasteiger partial charge in [0.1, 0.15) is 24.7 Å². The van der Waals surface area contributed by atoms with E-state index in [-0.39, 0.29) is 13.2 Å². The summed E-state index contributed by atoms with van der Waals surface area (Å²) in [5.74, 6) is 1.80. The number of rotatable bonds is 16. The van der Waals surface area contributed by atoms with Crippen LogP contribution in [0.25, 0.3) is 0 Å². The number of hydrogen-bond donors (Lipinski definition) is 0. The van der Waals surface area contributed by atoms with Crippen molar-refractivity contribution in [1.29, 1.82) is 0 Å². The predicted molar refractivity (Wildman–Crippen MR) is 173 cm³/mol. The van der Waals surface area contributed by atoms with E-state index in [4.69, 9.17) is 17.9 Å². The van der Waals surface area contributed by atoms with Crippen LogP contribution in [0.4, 0.5) is 0 Å². The van der Waals surface area contributed by atoms with Gasteiger partial charge in [-0.25, -0.2) is 0 Å². The molecule has 0 N–H and O–H groups in total. The second-order valence-corrected chi connectivity index (χ2v) is 24.6. The van der Waals surface area contributed by atoms with Crippen LogP contribution in [0.3, 0.4) is 0 Å². The first-order valence-electron chi connectivity index (χ1n) is 15.0. The maximum Gasteiger partial charge on any atom is 0.698 e. The Morgan fingerprint density at radius 3 is 0.975 bits per heavy atom. The van der Waals surface area contributed by atoms with Gasteiger partial charge in [0.25, 0.3) is 16.6 Å². The zero-order valence-corrected chi connectivity index (χ0v) is 29.9. The van der Waals surface area contributed by atoms with Gasteiger partial charge < -0.3 is 8.85 Å². The molecule has 0 fully saturated rings. The maximum absolute atomic E-state index is 12.4. The molecule has 40 heavy (non-hydrogen) atoms. The van der Waals surface area contributed by atoms with Crippen molar-refractivity contribution in [3.63, 3.8) is 0 Å². The fourth-order valence-electron chi connectivity index (χ4n) is 6.71. The van der Waals surface area contributed by atoms with Gasteiger partial charge in [0.05, 0.1) is 0 Å². The Balaban J connectivity index is 1.92. The average molecular weight is 606 g/mol. The lowest BCUT2D eigenvalue weighted by molar-refractivity contribution is 0.213. The van der Waals surface area contributed by atoms with Crippen LogP contribution >= 0.6 is 8.25 Å². The minimum atomic E-state index is -2.24. The summed E-state index contributed by atoms with van der Waals surface area (Å²) in [7, 11) is -6.24. The van der Waals surface area contributed by atoms with Gasteiger partial charge in [-0.3, -0.25) is 0 Å². The van der Waals surface area contributed by atoms with Crippen molar-refractivity contribution >= 4 is 24.9 Å². The molecule has 0 heterocycles. The summed E-state index contributed by atoms with van der Waals surface area (Å²) in [6.07, 6.45) is 0. The minimum absolute atomic E-state index is 0.218. The van der Waals surface area contributed by atoms with Gasteiger partial charge in [-0.05, 0) is 68.6 Å². The van der Waals surface area contributed by atoms with Crippen LogP contribution in [-0.4, -0.2) is 16.6 Å². The largest absolute Gasteiger partial charge is 0.698 e. The molecule has 2 aromatic rings. The smallest absolute Gasteiger partial charge is 0.543 e. The van der Waals surface area contributed by atoms with E-state index in [9.17, 15) is 4.57 Å². The van der Waals surface area contributed by atoms with Gasteiger partial charge in [0.2, 0.25) is 0 Å². The van der Waals surface area contributed by atoms with Gasteiger partial charge in [-0.1, -0.05) is 107 Å².